The van der Waals surface area contributed by atoms with E-state index in [0.717, 1.165) is 5.56 Å². The maximum atomic E-state index is 8.44. The largest absolute Gasteiger partial charge is 0.466 e. The maximum absolute atomic E-state index is 8.44. The zero-order valence-electron chi connectivity index (χ0n) is 20.8. The molecule has 0 aliphatic carbocycles. The van der Waals surface area contributed by atoms with Crippen LogP contribution in [0.25, 0.3) is 38.0 Å². The Hall–Kier alpha value is -3.12. The van der Waals surface area contributed by atoms with Crippen LogP contribution in [-0.4, -0.2) is 0 Å². The van der Waals surface area contributed by atoms with E-state index in [9.17, 15) is 0 Å². The summed E-state index contributed by atoms with van der Waals surface area (Å²) >= 11 is 0. The molecule has 0 amide bonds. The summed E-state index contributed by atoms with van der Waals surface area (Å²) in [5.74, 6) is -0.903. The first-order valence-electron chi connectivity index (χ1n) is 11.2. The Bertz CT molecular complexity index is 1440. The van der Waals surface area contributed by atoms with Gasteiger partial charge in [0.15, 0.2) is 6.17 Å². The Balaban J connectivity index is 2.20. The van der Waals surface area contributed by atoms with Crippen LogP contribution in [0.4, 0.5) is 5.69 Å². The van der Waals surface area contributed by atoms with Crippen molar-refractivity contribution in [1.82, 2.24) is 0 Å². The fourth-order valence-corrected chi connectivity index (χ4v) is 3.49. The molecule has 0 saturated carbocycles. The smallest absolute Gasteiger partial charge is 0.229 e. The van der Waals surface area contributed by atoms with Gasteiger partial charge in [-0.05, 0) is 36.4 Å². The van der Waals surface area contributed by atoms with E-state index in [4.69, 9.17) is 17.8 Å². The molecule has 3 heteroatoms. The van der Waals surface area contributed by atoms with E-state index in [1.807, 2.05) is 25.1 Å². The minimum absolute atomic E-state index is 0.139. The lowest BCUT2D eigenvalue weighted by Gasteiger charge is -2.09. The van der Waals surface area contributed by atoms with Gasteiger partial charge in [-0.3, -0.25) is 0 Å². The number of hydrogen-bond acceptors (Lipinski definition) is 1. The molecule has 0 radical (unpaired) electrons. The summed E-state index contributed by atoms with van der Waals surface area (Å²) in [6, 6.07) is 10.2. The zero-order chi connectivity index (χ0) is 23.6. The van der Waals surface area contributed by atoms with Crippen LogP contribution in [0, 0.1) is 20.3 Å². The molecule has 4 rings (SSSR count). The van der Waals surface area contributed by atoms with E-state index >= 15 is 0 Å². The highest BCUT2D eigenvalue weighted by atomic mass is 16.3. The zero-order valence-corrected chi connectivity index (χ0v) is 15.8. The fraction of sp³-hybridized carbons (Fsp3) is 0.250. The Kier molecular flexibility index (Phi) is 2.85. The van der Waals surface area contributed by atoms with Crippen LogP contribution in [0.1, 0.15) is 43.3 Å². The first-order valence-corrected chi connectivity index (χ1v) is 8.73. The minimum atomic E-state index is -2.37. The summed E-state index contributed by atoms with van der Waals surface area (Å²) in [4.78, 5) is 3.53. The van der Waals surface area contributed by atoms with Gasteiger partial charge >= 0.3 is 0 Å². The molecule has 0 N–H and O–H groups in total. The third-order valence-electron chi connectivity index (χ3n) is 5.00. The van der Waals surface area contributed by atoms with E-state index in [-0.39, 0.29) is 23.0 Å². The maximum Gasteiger partial charge on any atom is 0.229 e. The summed E-state index contributed by atoms with van der Waals surface area (Å²) in [5, 5.41) is 1.03. The molecule has 0 spiro atoms. The van der Waals surface area contributed by atoms with Crippen LogP contribution in [0.3, 0.4) is 0 Å². The Labute approximate surface area is 166 Å². The highest BCUT2D eigenvalue weighted by molar-refractivity contribution is 6.14. The summed E-state index contributed by atoms with van der Waals surface area (Å²) in [6.45, 7) is 10.6. The lowest BCUT2D eigenvalue weighted by molar-refractivity contribution is -0.660. The molecule has 27 heavy (non-hydrogen) atoms. The average Bonchev–Trinajstić information content (AvgIpc) is 3.07. The van der Waals surface area contributed by atoms with Gasteiger partial charge in [0.25, 0.3) is 0 Å². The minimum Gasteiger partial charge on any atom is -0.466 e. The predicted octanol–water partition coefficient (Wildman–Crippen LogP) is 6.37. The van der Waals surface area contributed by atoms with Crippen LogP contribution in [-0.2, 0) is 7.05 Å². The molecule has 3 nitrogen and oxygen atoms in total. The monoisotopic (exact) mass is 360 g/mol. The third-order valence-corrected chi connectivity index (χ3v) is 5.00. The van der Waals surface area contributed by atoms with Gasteiger partial charge in [0, 0.05) is 28.4 Å². The number of aromatic nitrogens is 1. The Morgan fingerprint density at radius 3 is 2.67 bits per heavy atom. The van der Waals surface area contributed by atoms with Gasteiger partial charge in [0.05, 0.1) is 12.1 Å². The standard InChI is InChI=1S/C24H23N2O/c1-14(2)17-11-12-26(6)20(13-17)22-16(4)7-9-18-21-15(3)8-10-19(25-5)24(21)27-23(18)22/h7-14H,1-4,6H3/q+1/i3D3,12D,14D. The van der Waals surface area contributed by atoms with Crippen LogP contribution < -0.4 is 4.57 Å². The average molecular weight is 360 g/mol. The Morgan fingerprint density at radius 1 is 1.19 bits per heavy atom. The second-order valence-electron chi connectivity index (χ2n) is 7.00. The lowest BCUT2D eigenvalue weighted by atomic mass is 9.96. The second-order valence-corrected chi connectivity index (χ2v) is 7.00. The SMILES string of the molecule is [2H]c1cc(C([2H])(C)C)cc(-c2c(C)ccc3c2oc2c([N+]#[C-])ccc(C([2H])([2H])[2H])c23)[n+]1C. The molecule has 2 aromatic carbocycles. The lowest BCUT2D eigenvalue weighted by Crippen LogP contribution is -2.31. The molecule has 0 aliphatic rings. The van der Waals surface area contributed by atoms with Crippen molar-refractivity contribution in [3.8, 4) is 11.3 Å². The van der Waals surface area contributed by atoms with Crippen molar-refractivity contribution in [2.75, 3.05) is 0 Å². The normalized spacial score (nSPS) is 15.0. The van der Waals surface area contributed by atoms with Crippen molar-refractivity contribution in [3.63, 3.8) is 0 Å². The van der Waals surface area contributed by atoms with Crippen molar-refractivity contribution in [2.24, 2.45) is 7.05 Å². The summed E-state index contributed by atoms with van der Waals surface area (Å²) in [5.41, 5.74) is 4.08. The van der Waals surface area contributed by atoms with E-state index < -0.39 is 12.7 Å². The molecule has 2 aromatic heterocycles. The number of hydrogen-bond donors (Lipinski definition) is 0. The highest BCUT2D eigenvalue weighted by Gasteiger charge is 2.23. The summed E-state index contributed by atoms with van der Waals surface area (Å²) in [7, 11) is 1.78. The quantitative estimate of drug-likeness (QED) is 0.301. The van der Waals surface area contributed by atoms with Crippen LogP contribution in [0.2, 0.25) is 0 Å². The Morgan fingerprint density at radius 2 is 1.96 bits per heavy atom. The van der Waals surface area contributed by atoms with E-state index in [1.54, 1.807) is 31.5 Å². The molecular weight excluding hydrogens is 332 g/mol. The van der Waals surface area contributed by atoms with E-state index in [0.29, 0.717) is 33.2 Å². The van der Waals surface area contributed by atoms with Gasteiger partial charge in [-0.25, -0.2) is 9.41 Å². The van der Waals surface area contributed by atoms with Gasteiger partial charge in [-0.2, -0.15) is 0 Å². The van der Waals surface area contributed by atoms with Crippen LogP contribution >= 0.6 is 0 Å². The van der Waals surface area contributed by atoms with Gasteiger partial charge < -0.3 is 4.42 Å². The number of benzene rings is 2. The van der Waals surface area contributed by atoms with Gasteiger partial charge in [0.2, 0.25) is 11.4 Å². The van der Waals surface area contributed by atoms with E-state index in [1.165, 1.54) is 12.1 Å². The predicted molar refractivity (Wildman–Crippen MR) is 110 cm³/mol. The van der Waals surface area contributed by atoms with Crippen molar-refractivity contribution in [2.45, 2.75) is 33.5 Å². The number of furan rings is 1. The molecule has 0 atom stereocenters. The molecule has 0 saturated heterocycles. The summed E-state index contributed by atoms with van der Waals surface area (Å²) in [6.07, 6.45) is 0.246. The molecule has 0 fully saturated rings. The topological polar surface area (TPSA) is 21.4 Å². The van der Waals surface area contributed by atoms with Crippen molar-refractivity contribution in [3.05, 3.63) is 70.7 Å². The van der Waals surface area contributed by atoms with Gasteiger partial charge in [-0.1, -0.05) is 38.1 Å². The molecule has 2 heterocycles. The molecular formula is C24H23N2O+. The number of nitrogens with zero attached hydrogens (tertiary/aromatic N) is 2. The van der Waals surface area contributed by atoms with Crippen molar-refractivity contribution in [1.29, 1.82) is 0 Å². The first kappa shape index (κ1) is 12.3. The highest BCUT2D eigenvalue weighted by Crippen LogP contribution is 2.41. The second kappa shape index (κ2) is 6.25. The molecule has 0 bridgehead atoms. The van der Waals surface area contributed by atoms with Crippen LogP contribution in [0.15, 0.2) is 47.0 Å². The third kappa shape index (κ3) is 2.61. The molecule has 0 aliphatic heterocycles. The van der Waals surface area contributed by atoms with Crippen molar-refractivity contribution < 1.29 is 15.8 Å². The first-order chi connectivity index (χ1) is 14.8. The molecule has 134 valence electrons. The number of fused-ring (bicyclic) bond motifs is 3. The van der Waals surface area contributed by atoms with E-state index in [2.05, 4.69) is 4.85 Å². The number of rotatable bonds is 2. The number of aryl methyl sites for hydroxylation is 2. The van der Waals surface area contributed by atoms with Gasteiger partial charge in [-0.15, -0.1) is 0 Å². The fourth-order valence-electron chi connectivity index (χ4n) is 3.49. The molecule has 0 unspecified atom stereocenters. The number of pyridine rings is 1. The summed E-state index contributed by atoms with van der Waals surface area (Å²) < 4.78 is 48.7. The molecule has 4 aromatic rings. The van der Waals surface area contributed by atoms with Gasteiger partial charge in [0.1, 0.15) is 19.6 Å². The van der Waals surface area contributed by atoms with Crippen molar-refractivity contribution >= 4 is 27.6 Å². The van der Waals surface area contributed by atoms with Crippen LogP contribution in [0.5, 0.6) is 0 Å².